The topological polar surface area (TPSA) is 49.8 Å². The van der Waals surface area contributed by atoms with Crippen LogP contribution in [-0.4, -0.2) is 49.3 Å². The lowest BCUT2D eigenvalue weighted by Crippen LogP contribution is -2.37. The second-order valence-electron chi connectivity index (χ2n) is 4.79. The van der Waals surface area contributed by atoms with Crippen LogP contribution >= 0.6 is 0 Å². The Morgan fingerprint density at radius 1 is 1.53 bits per heavy atom. The number of carbonyl (C=O) groups is 1. The van der Waals surface area contributed by atoms with Crippen molar-refractivity contribution in [3.05, 3.63) is 11.6 Å². The van der Waals surface area contributed by atoms with Crippen molar-refractivity contribution in [3.8, 4) is 0 Å². The molecule has 1 saturated carbocycles. The summed E-state index contributed by atoms with van der Waals surface area (Å²) in [4.78, 5) is 13.5. The Kier molecular flexibility index (Phi) is 5.65. The second-order valence-corrected chi connectivity index (χ2v) is 4.79. The lowest BCUT2D eigenvalue weighted by atomic mass is 9.82. The predicted molar refractivity (Wildman–Crippen MR) is 66.6 cm³/mol. The van der Waals surface area contributed by atoms with Crippen molar-refractivity contribution in [2.75, 3.05) is 27.2 Å². The molecule has 0 aromatic rings. The fourth-order valence-corrected chi connectivity index (χ4v) is 2.13. The van der Waals surface area contributed by atoms with Crippen LogP contribution in [0.25, 0.3) is 0 Å². The van der Waals surface area contributed by atoms with Crippen LogP contribution in [0.2, 0.25) is 0 Å². The van der Waals surface area contributed by atoms with E-state index in [0.717, 1.165) is 31.5 Å². The minimum Gasteiger partial charge on any atom is -0.466 e. The first kappa shape index (κ1) is 14.2. The SMILES string of the molecule is CCC(=CCN(C)CC1CC(O)C1)C(=O)OC. The summed E-state index contributed by atoms with van der Waals surface area (Å²) in [6.45, 7) is 3.68. The summed E-state index contributed by atoms with van der Waals surface area (Å²) in [5.41, 5.74) is 0.730. The molecule has 1 rings (SSSR count). The first-order valence-electron chi connectivity index (χ1n) is 6.20. The maximum absolute atomic E-state index is 11.3. The lowest BCUT2D eigenvalue weighted by Gasteiger charge is -2.34. The highest BCUT2D eigenvalue weighted by molar-refractivity contribution is 5.88. The Bertz CT molecular complexity index is 282. The molecule has 0 bridgehead atoms. The van der Waals surface area contributed by atoms with Gasteiger partial charge in [-0.2, -0.15) is 0 Å². The van der Waals surface area contributed by atoms with Gasteiger partial charge < -0.3 is 14.7 Å². The van der Waals surface area contributed by atoms with Gasteiger partial charge in [0.25, 0.3) is 0 Å². The van der Waals surface area contributed by atoms with Gasteiger partial charge in [0, 0.05) is 18.7 Å². The van der Waals surface area contributed by atoms with Gasteiger partial charge in [-0.1, -0.05) is 13.0 Å². The fourth-order valence-electron chi connectivity index (χ4n) is 2.13. The van der Waals surface area contributed by atoms with Crippen LogP contribution in [0.15, 0.2) is 11.6 Å². The average molecular weight is 241 g/mol. The molecule has 0 aromatic carbocycles. The molecule has 4 heteroatoms. The van der Waals surface area contributed by atoms with E-state index in [1.165, 1.54) is 7.11 Å². The molecular formula is C13H23NO3. The highest BCUT2D eigenvalue weighted by Crippen LogP contribution is 2.27. The standard InChI is InChI=1S/C13H23NO3/c1-4-11(13(16)17-3)5-6-14(2)9-10-7-12(15)8-10/h5,10,12,15H,4,6-9H2,1-3H3. The third-order valence-corrected chi connectivity index (χ3v) is 3.26. The van der Waals surface area contributed by atoms with Gasteiger partial charge in [-0.3, -0.25) is 0 Å². The van der Waals surface area contributed by atoms with E-state index >= 15 is 0 Å². The Balaban J connectivity index is 2.31. The Morgan fingerprint density at radius 3 is 2.65 bits per heavy atom. The van der Waals surface area contributed by atoms with E-state index in [4.69, 9.17) is 4.74 Å². The van der Waals surface area contributed by atoms with Crippen molar-refractivity contribution in [3.63, 3.8) is 0 Å². The number of aliphatic hydroxyl groups excluding tert-OH is 1. The van der Waals surface area contributed by atoms with Crippen molar-refractivity contribution in [1.29, 1.82) is 0 Å². The first-order chi connectivity index (χ1) is 8.06. The summed E-state index contributed by atoms with van der Waals surface area (Å²) in [7, 11) is 3.44. The van der Waals surface area contributed by atoms with Crippen LogP contribution in [0.5, 0.6) is 0 Å². The number of rotatable bonds is 6. The van der Waals surface area contributed by atoms with Crippen molar-refractivity contribution < 1.29 is 14.6 Å². The summed E-state index contributed by atoms with van der Waals surface area (Å²) >= 11 is 0. The van der Waals surface area contributed by atoms with Crippen LogP contribution in [0.1, 0.15) is 26.2 Å². The maximum atomic E-state index is 11.3. The Morgan fingerprint density at radius 2 is 2.18 bits per heavy atom. The summed E-state index contributed by atoms with van der Waals surface area (Å²) in [6.07, 6.45) is 4.35. The molecule has 0 heterocycles. The largest absolute Gasteiger partial charge is 0.466 e. The van der Waals surface area contributed by atoms with Gasteiger partial charge in [0.05, 0.1) is 13.2 Å². The van der Waals surface area contributed by atoms with Crippen LogP contribution in [0, 0.1) is 5.92 Å². The summed E-state index contributed by atoms with van der Waals surface area (Å²) in [6, 6.07) is 0. The van der Waals surface area contributed by atoms with Gasteiger partial charge in [0.2, 0.25) is 0 Å². The first-order valence-corrected chi connectivity index (χ1v) is 6.20. The van der Waals surface area contributed by atoms with Gasteiger partial charge in [-0.25, -0.2) is 4.79 Å². The van der Waals surface area contributed by atoms with Crippen LogP contribution < -0.4 is 0 Å². The van der Waals surface area contributed by atoms with Gasteiger partial charge >= 0.3 is 5.97 Å². The average Bonchev–Trinajstić information content (AvgIpc) is 2.27. The molecule has 1 aliphatic rings. The monoisotopic (exact) mass is 241 g/mol. The molecule has 98 valence electrons. The summed E-state index contributed by atoms with van der Waals surface area (Å²) in [5, 5.41) is 9.20. The van der Waals surface area contributed by atoms with E-state index in [2.05, 4.69) is 4.90 Å². The minimum atomic E-state index is -0.236. The Labute approximate surface area is 103 Å². The van der Waals surface area contributed by atoms with E-state index in [9.17, 15) is 9.90 Å². The maximum Gasteiger partial charge on any atom is 0.333 e. The number of aliphatic hydroxyl groups is 1. The zero-order chi connectivity index (χ0) is 12.8. The van der Waals surface area contributed by atoms with Gasteiger partial charge in [0.15, 0.2) is 0 Å². The number of hydrogen-bond donors (Lipinski definition) is 1. The lowest BCUT2D eigenvalue weighted by molar-refractivity contribution is -0.136. The zero-order valence-electron chi connectivity index (χ0n) is 11.0. The number of esters is 1. The fraction of sp³-hybridized carbons (Fsp3) is 0.769. The molecule has 4 nitrogen and oxygen atoms in total. The molecule has 0 saturated heterocycles. The second kappa shape index (κ2) is 6.77. The smallest absolute Gasteiger partial charge is 0.333 e. The minimum absolute atomic E-state index is 0.0924. The zero-order valence-corrected chi connectivity index (χ0v) is 11.0. The molecule has 0 amide bonds. The molecule has 0 aliphatic heterocycles. The number of nitrogens with zero attached hydrogens (tertiary/aromatic N) is 1. The van der Waals surface area contributed by atoms with Crippen molar-refractivity contribution >= 4 is 5.97 Å². The molecule has 1 aliphatic carbocycles. The van der Waals surface area contributed by atoms with E-state index in [1.807, 2.05) is 20.0 Å². The highest BCUT2D eigenvalue weighted by Gasteiger charge is 2.27. The Hall–Kier alpha value is -0.870. The van der Waals surface area contributed by atoms with Crippen molar-refractivity contribution in [2.45, 2.75) is 32.3 Å². The van der Waals surface area contributed by atoms with Gasteiger partial charge in [-0.05, 0) is 32.2 Å². The summed E-state index contributed by atoms with van der Waals surface area (Å²) < 4.78 is 4.70. The molecule has 1 fully saturated rings. The number of carbonyl (C=O) groups excluding carboxylic acids is 1. The third kappa shape index (κ3) is 4.48. The predicted octanol–water partition coefficient (Wildman–Crippen LogP) is 1.20. The van der Waals surface area contributed by atoms with Crippen LogP contribution in [0.4, 0.5) is 0 Å². The van der Waals surface area contributed by atoms with E-state index < -0.39 is 0 Å². The molecule has 0 atom stereocenters. The summed E-state index contributed by atoms with van der Waals surface area (Å²) in [5.74, 6) is 0.367. The molecular weight excluding hydrogens is 218 g/mol. The molecule has 0 radical (unpaired) electrons. The number of ether oxygens (including phenoxy) is 1. The quantitative estimate of drug-likeness (QED) is 0.561. The van der Waals surface area contributed by atoms with E-state index in [1.54, 1.807) is 0 Å². The molecule has 0 aromatic heterocycles. The van der Waals surface area contributed by atoms with E-state index in [-0.39, 0.29) is 12.1 Å². The molecule has 0 spiro atoms. The van der Waals surface area contributed by atoms with E-state index in [0.29, 0.717) is 12.3 Å². The van der Waals surface area contributed by atoms with Gasteiger partial charge in [-0.15, -0.1) is 0 Å². The normalized spacial score (nSPS) is 24.6. The van der Waals surface area contributed by atoms with Crippen molar-refractivity contribution in [2.24, 2.45) is 5.92 Å². The molecule has 0 unspecified atom stereocenters. The molecule has 17 heavy (non-hydrogen) atoms. The number of hydrogen-bond acceptors (Lipinski definition) is 4. The number of likely N-dealkylation sites (N-methyl/N-ethyl adjacent to an activating group) is 1. The highest BCUT2D eigenvalue weighted by atomic mass is 16.5. The number of methoxy groups -OCH3 is 1. The van der Waals surface area contributed by atoms with Crippen LogP contribution in [-0.2, 0) is 9.53 Å². The van der Waals surface area contributed by atoms with Gasteiger partial charge in [0.1, 0.15) is 0 Å². The molecule has 1 N–H and O–H groups in total. The third-order valence-electron chi connectivity index (χ3n) is 3.26. The van der Waals surface area contributed by atoms with Crippen molar-refractivity contribution in [1.82, 2.24) is 4.90 Å². The van der Waals surface area contributed by atoms with Crippen LogP contribution in [0.3, 0.4) is 0 Å².